The molecule has 2 amide bonds. The van der Waals surface area contributed by atoms with Crippen molar-refractivity contribution in [2.45, 2.75) is 23.9 Å². The van der Waals surface area contributed by atoms with Crippen molar-refractivity contribution in [3.8, 4) is 0 Å². The number of rotatable bonds is 6. The van der Waals surface area contributed by atoms with Crippen molar-refractivity contribution >= 4 is 46.3 Å². The van der Waals surface area contributed by atoms with Crippen molar-refractivity contribution in [3.63, 3.8) is 0 Å². The Balaban J connectivity index is 1.35. The van der Waals surface area contributed by atoms with Gasteiger partial charge < -0.3 is 10.6 Å². The molecule has 0 atom stereocenters. The monoisotopic (exact) mass is 460 g/mol. The van der Waals surface area contributed by atoms with Gasteiger partial charge in [-0.1, -0.05) is 6.07 Å². The number of nitrogens with one attached hydrogen (secondary N) is 2. The van der Waals surface area contributed by atoms with Crippen LogP contribution in [0.5, 0.6) is 0 Å². The third kappa shape index (κ3) is 5.60. The van der Waals surface area contributed by atoms with Crippen molar-refractivity contribution in [1.29, 1.82) is 0 Å². The molecule has 4 aromatic rings. The van der Waals surface area contributed by atoms with Gasteiger partial charge in [0.15, 0.2) is 5.16 Å². The van der Waals surface area contributed by atoms with Crippen molar-refractivity contribution in [2.24, 2.45) is 0 Å². The van der Waals surface area contributed by atoms with E-state index in [1.54, 1.807) is 30.3 Å². The third-order valence-electron chi connectivity index (χ3n) is 4.43. The van der Waals surface area contributed by atoms with E-state index in [9.17, 15) is 9.59 Å². The molecule has 0 unspecified atom stereocenters. The molecule has 8 heteroatoms. The lowest BCUT2D eigenvalue weighted by Crippen LogP contribution is -2.13. The number of anilines is 2. The second kappa shape index (κ2) is 9.76. The number of carbonyl (C=O) groups is 2. The van der Waals surface area contributed by atoms with E-state index in [1.165, 1.54) is 23.1 Å². The summed E-state index contributed by atoms with van der Waals surface area (Å²) in [6, 6.07) is 19.9. The molecule has 0 bridgehead atoms. The summed E-state index contributed by atoms with van der Waals surface area (Å²) in [5, 5.41) is 8.26. The maximum absolute atomic E-state index is 12.6. The highest BCUT2D eigenvalue weighted by atomic mass is 32.2. The van der Waals surface area contributed by atoms with Gasteiger partial charge in [0, 0.05) is 33.2 Å². The molecule has 160 valence electrons. The number of carbonyl (C=O) groups excluding carboxylic acids is 2. The van der Waals surface area contributed by atoms with Gasteiger partial charge in [0.05, 0.1) is 4.88 Å². The lowest BCUT2D eigenvalue weighted by Gasteiger charge is -2.08. The van der Waals surface area contributed by atoms with Gasteiger partial charge >= 0.3 is 0 Å². The minimum absolute atomic E-state index is 0.165. The van der Waals surface area contributed by atoms with Crippen LogP contribution in [0.2, 0.25) is 0 Å². The van der Waals surface area contributed by atoms with Crippen LogP contribution in [0, 0.1) is 13.8 Å². The topological polar surface area (TPSA) is 84.0 Å². The molecule has 2 aromatic carbocycles. The third-order valence-corrected chi connectivity index (χ3v) is 6.17. The summed E-state index contributed by atoms with van der Waals surface area (Å²) in [7, 11) is 0. The van der Waals surface area contributed by atoms with Gasteiger partial charge in [0.1, 0.15) is 0 Å². The largest absolute Gasteiger partial charge is 0.322 e. The first kappa shape index (κ1) is 21.7. The molecule has 0 saturated carbocycles. The van der Waals surface area contributed by atoms with Crippen LogP contribution in [0.25, 0.3) is 0 Å². The second-order valence-corrected chi connectivity index (χ2v) is 9.01. The molecule has 2 aromatic heterocycles. The van der Waals surface area contributed by atoms with E-state index in [0.29, 0.717) is 27.0 Å². The summed E-state index contributed by atoms with van der Waals surface area (Å²) in [6.45, 7) is 3.89. The van der Waals surface area contributed by atoms with Crippen LogP contribution in [0.15, 0.2) is 82.2 Å². The molecule has 6 nitrogen and oxygen atoms in total. The summed E-state index contributed by atoms with van der Waals surface area (Å²) in [4.78, 5) is 35.2. The molecule has 0 aliphatic heterocycles. The van der Waals surface area contributed by atoms with Crippen LogP contribution < -0.4 is 10.6 Å². The van der Waals surface area contributed by atoms with Crippen LogP contribution in [0.3, 0.4) is 0 Å². The van der Waals surface area contributed by atoms with E-state index >= 15 is 0 Å². The predicted octanol–water partition coefficient (Wildman–Crippen LogP) is 5.81. The van der Waals surface area contributed by atoms with E-state index in [-0.39, 0.29) is 11.8 Å². The minimum Gasteiger partial charge on any atom is -0.322 e. The van der Waals surface area contributed by atoms with Gasteiger partial charge in [-0.3, -0.25) is 9.59 Å². The molecule has 0 aliphatic carbocycles. The number of amides is 2. The van der Waals surface area contributed by atoms with Crippen molar-refractivity contribution in [1.82, 2.24) is 9.97 Å². The van der Waals surface area contributed by atoms with Crippen LogP contribution in [-0.4, -0.2) is 21.8 Å². The number of hydrogen-bond donors (Lipinski definition) is 2. The van der Waals surface area contributed by atoms with Gasteiger partial charge in [-0.05, 0) is 91.7 Å². The summed E-state index contributed by atoms with van der Waals surface area (Å²) >= 11 is 2.85. The number of hydrogen-bond acceptors (Lipinski definition) is 6. The van der Waals surface area contributed by atoms with E-state index < -0.39 is 0 Å². The first-order valence-electron chi connectivity index (χ1n) is 9.83. The fraction of sp³-hybridized carbons (Fsp3) is 0.0833. The Morgan fingerprint density at radius 3 is 2.00 bits per heavy atom. The normalized spacial score (nSPS) is 10.6. The number of thiophene rings is 1. The fourth-order valence-corrected chi connectivity index (χ4v) is 4.44. The molecular formula is C24H20N4O2S2. The smallest absolute Gasteiger partial charge is 0.265 e. The zero-order chi connectivity index (χ0) is 22.5. The Labute approximate surface area is 194 Å². The Hall–Kier alpha value is -3.49. The highest BCUT2D eigenvalue weighted by Gasteiger charge is 2.10. The summed E-state index contributed by atoms with van der Waals surface area (Å²) in [6.07, 6.45) is 0. The zero-order valence-electron chi connectivity index (χ0n) is 17.5. The van der Waals surface area contributed by atoms with Gasteiger partial charge in [-0.15, -0.1) is 11.3 Å². The molecular weight excluding hydrogens is 440 g/mol. The molecule has 2 N–H and O–H groups in total. The van der Waals surface area contributed by atoms with E-state index in [1.807, 2.05) is 55.6 Å². The van der Waals surface area contributed by atoms with Crippen LogP contribution >= 0.6 is 23.1 Å². The van der Waals surface area contributed by atoms with Gasteiger partial charge in [-0.25, -0.2) is 9.97 Å². The average Bonchev–Trinajstić information content (AvgIpc) is 3.30. The second-order valence-electron chi connectivity index (χ2n) is 7.02. The van der Waals surface area contributed by atoms with E-state index in [0.717, 1.165) is 16.3 Å². The Morgan fingerprint density at radius 2 is 1.41 bits per heavy atom. The molecule has 0 aliphatic rings. The molecule has 0 saturated heterocycles. The maximum Gasteiger partial charge on any atom is 0.265 e. The number of aromatic nitrogens is 2. The lowest BCUT2D eigenvalue weighted by atomic mass is 10.2. The molecule has 0 fully saturated rings. The van der Waals surface area contributed by atoms with Crippen molar-refractivity contribution < 1.29 is 9.59 Å². The van der Waals surface area contributed by atoms with Crippen molar-refractivity contribution in [2.75, 3.05) is 10.6 Å². The summed E-state index contributed by atoms with van der Waals surface area (Å²) < 4.78 is 0. The average molecular weight is 461 g/mol. The Kier molecular flexibility index (Phi) is 6.63. The van der Waals surface area contributed by atoms with Crippen LogP contribution in [0.4, 0.5) is 11.4 Å². The standard InChI is InChI=1S/C24H20N4O2S2/c1-15-14-16(2)26-24(25-15)32-20-11-9-19(10-12-20)27-22(29)17-5-7-18(8-6-17)28-23(30)21-4-3-13-31-21/h3-14H,1-2H3,(H,27,29)(H,28,30). The van der Waals surface area contributed by atoms with E-state index in [4.69, 9.17) is 0 Å². The quantitative estimate of drug-likeness (QED) is 0.355. The minimum atomic E-state index is -0.223. The fourth-order valence-electron chi connectivity index (χ4n) is 2.96. The molecule has 2 heterocycles. The van der Waals surface area contributed by atoms with Crippen LogP contribution in [-0.2, 0) is 0 Å². The Bertz CT molecular complexity index is 1220. The molecule has 4 rings (SSSR count). The maximum atomic E-state index is 12.6. The van der Waals surface area contributed by atoms with Crippen molar-refractivity contribution in [3.05, 3.63) is 93.9 Å². The number of benzene rings is 2. The first-order valence-corrected chi connectivity index (χ1v) is 11.5. The first-order chi connectivity index (χ1) is 15.5. The Morgan fingerprint density at radius 1 is 0.812 bits per heavy atom. The number of nitrogens with zero attached hydrogens (tertiary/aromatic N) is 2. The molecule has 32 heavy (non-hydrogen) atoms. The van der Waals surface area contributed by atoms with E-state index in [2.05, 4.69) is 20.6 Å². The summed E-state index contributed by atoms with van der Waals surface area (Å²) in [5.41, 5.74) is 3.69. The SMILES string of the molecule is Cc1cc(C)nc(Sc2ccc(NC(=O)c3ccc(NC(=O)c4cccs4)cc3)cc2)n1. The van der Waals surface area contributed by atoms with Gasteiger partial charge in [0.25, 0.3) is 11.8 Å². The predicted molar refractivity (Wildman–Crippen MR) is 129 cm³/mol. The molecule has 0 radical (unpaired) electrons. The van der Waals surface area contributed by atoms with Crippen LogP contribution in [0.1, 0.15) is 31.4 Å². The highest BCUT2D eigenvalue weighted by molar-refractivity contribution is 7.99. The molecule has 0 spiro atoms. The van der Waals surface area contributed by atoms with Gasteiger partial charge in [-0.2, -0.15) is 0 Å². The lowest BCUT2D eigenvalue weighted by molar-refractivity contribution is 0.102. The van der Waals surface area contributed by atoms with Gasteiger partial charge in [0.2, 0.25) is 0 Å². The highest BCUT2D eigenvalue weighted by Crippen LogP contribution is 2.26. The number of aryl methyl sites for hydroxylation is 2. The zero-order valence-corrected chi connectivity index (χ0v) is 19.1. The summed E-state index contributed by atoms with van der Waals surface area (Å²) in [5.74, 6) is -0.388.